The van der Waals surface area contributed by atoms with Crippen LogP contribution in [0.2, 0.25) is 0 Å². The first-order chi connectivity index (χ1) is 7.99. The first-order valence-electron chi connectivity index (χ1n) is 4.51. The van der Waals surface area contributed by atoms with Crippen molar-refractivity contribution in [3.05, 3.63) is 53.7 Å². The summed E-state index contributed by atoms with van der Waals surface area (Å²) in [6, 6.07) is 4.08. The van der Waals surface area contributed by atoms with Crippen molar-refractivity contribution in [3.8, 4) is 0 Å². The minimum absolute atomic E-state index is 0.0996. The predicted octanol–water partition coefficient (Wildman–Crippen LogP) is 5.72. The Bertz CT molecular complexity index is 558. The highest BCUT2D eigenvalue weighted by molar-refractivity contribution is 14.1. The normalized spacial score (nSPS) is 12.8. The van der Waals surface area contributed by atoms with Crippen LogP contribution in [-0.2, 0) is 0 Å². The van der Waals surface area contributed by atoms with Gasteiger partial charge in [0.05, 0.1) is 12.7 Å². The average Bonchev–Trinajstić information content (AvgIpc) is 2.69. The fourth-order valence-corrected chi connectivity index (χ4v) is 3.45. The van der Waals surface area contributed by atoms with Crippen LogP contribution in [-0.4, -0.2) is 0 Å². The van der Waals surface area contributed by atoms with Gasteiger partial charge >= 0.3 is 0 Å². The molecule has 2 aromatic rings. The SMILES string of the molecule is Fc1cc(C(Cl)c2csc(I)c2)c(F)cc1Br. The highest BCUT2D eigenvalue weighted by Gasteiger charge is 2.18. The first-order valence-corrected chi connectivity index (χ1v) is 7.70. The largest absolute Gasteiger partial charge is 0.207 e. The lowest BCUT2D eigenvalue weighted by Gasteiger charge is -2.10. The molecule has 17 heavy (non-hydrogen) atoms. The monoisotopic (exact) mass is 448 g/mol. The summed E-state index contributed by atoms with van der Waals surface area (Å²) in [5, 5.41) is 1.18. The molecule has 1 unspecified atom stereocenters. The van der Waals surface area contributed by atoms with Crippen molar-refractivity contribution in [2.45, 2.75) is 5.38 Å². The molecule has 1 aromatic heterocycles. The van der Waals surface area contributed by atoms with Crippen molar-refractivity contribution in [1.29, 1.82) is 0 Å². The second kappa shape index (κ2) is 5.50. The third kappa shape index (κ3) is 3.00. The predicted molar refractivity (Wildman–Crippen MR) is 78.8 cm³/mol. The summed E-state index contributed by atoms with van der Waals surface area (Å²) in [7, 11) is 0. The van der Waals surface area contributed by atoms with E-state index >= 15 is 0 Å². The molecule has 0 amide bonds. The van der Waals surface area contributed by atoms with Gasteiger partial charge in [-0.3, -0.25) is 0 Å². The van der Waals surface area contributed by atoms with Gasteiger partial charge in [-0.1, -0.05) is 0 Å². The third-order valence-corrected chi connectivity index (χ3v) is 5.10. The van der Waals surface area contributed by atoms with Crippen molar-refractivity contribution in [2.24, 2.45) is 0 Å². The zero-order valence-electron chi connectivity index (χ0n) is 8.18. The summed E-state index contributed by atoms with van der Waals surface area (Å²) in [6.07, 6.45) is 0. The van der Waals surface area contributed by atoms with Gasteiger partial charge in [0, 0.05) is 5.56 Å². The fourth-order valence-electron chi connectivity index (χ4n) is 1.37. The molecule has 0 aliphatic carbocycles. The van der Waals surface area contributed by atoms with E-state index in [1.165, 1.54) is 11.3 Å². The van der Waals surface area contributed by atoms with Crippen LogP contribution in [0.3, 0.4) is 0 Å². The van der Waals surface area contributed by atoms with Gasteiger partial charge in [-0.15, -0.1) is 22.9 Å². The molecule has 0 nitrogen and oxygen atoms in total. The van der Waals surface area contributed by atoms with Gasteiger partial charge in [0.25, 0.3) is 0 Å². The molecule has 0 aliphatic rings. The molecule has 0 N–H and O–H groups in total. The van der Waals surface area contributed by atoms with Crippen LogP contribution in [0.5, 0.6) is 0 Å². The summed E-state index contributed by atoms with van der Waals surface area (Å²) in [5.41, 5.74) is 0.934. The molecule has 0 saturated heterocycles. The number of hydrogen-bond donors (Lipinski definition) is 0. The molecular formula is C11H5BrClF2IS. The van der Waals surface area contributed by atoms with E-state index in [-0.39, 0.29) is 10.0 Å². The van der Waals surface area contributed by atoms with Crippen molar-refractivity contribution >= 4 is 61.5 Å². The summed E-state index contributed by atoms with van der Waals surface area (Å²) in [6.45, 7) is 0. The van der Waals surface area contributed by atoms with E-state index in [2.05, 4.69) is 38.5 Å². The molecule has 0 spiro atoms. The van der Waals surface area contributed by atoms with Crippen LogP contribution in [0, 0.1) is 14.5 Å². The lowest BCUT2D eigenvalue weighted by Crippen LogP contribution is -1.97. The van der Waals surface area contributed by atoms with Gasteiger partial charge in [-0.2, -0.15) is 0 Å². The second-order valence-corrected chi connectivity index (χ2v) is 7.43. The minimum Gasteiger partial charge on any atom is -0.207 e. The smallest absolute Gasteiger partial charge is 0.137 e. The molecule has 1 heterocycles. The van der Waals surface area contributed by atoms with Crippen LogP contribution >= 0.6 is 61.5 Å². The number of hydrogen-bond acceptors (Lipinski definition) is 1. The van der Waals surface area contributed by atoms with E-state index in [9.17, 15) is 8.78 Å². The average molecular weight is 449 g/mol. The van der Waals surface area contributed by atoms with Crippen LogP contribution in [0.4, 0.5) is 8.78 Å². The lowest BCUT2D eigenvalue weighted by atomic mass is 10.1. The van der Waals surface area contributed by atoms with E-state index in [0.29, 0.717) is 0 Å². The van der Waals surface area contributed by atoms with Gasteiger partial charge < -0.3 is 0 Å². The lowest BCUT2D eigenvalue weighted by molar-refractivity contribution is 0.582. The molecule has 90 valence electrons. The zero-order chi connectivity index (χ0) is 12.6. The Morgan fingerprint density at radius 3 is 2.53 bits per heavy atom. The Morgan fingerprint density at radius 1 is 1.24 bits per heavy atom. The van der Waals surface area contributed by atoms with Crippen molar-refractivity contribution in [3.63, 3.8) is 0 Å². The Labute approximate surface area is 128 Å². The Hall–Kier alpha value is 0.280. The van der Waals surface area contributed by atoms with Gasteiger partial charge in [-0.25, -0.2) is 8.78 Å². The molecule has 0 saturated carbocycles. The Balaban J connectivity index is 2.43. The molecule has 0 aliphatic heterocycles. The van der Waals surface area contributed by atoms with Crippen molar-refractivity contribution in [1.82, 2.24) is 0 Å². The van der Waals surface area contributed by atoms with Gasteiger partial charge in [0.15, 0.2) is 0 Å². The topological polar surface area (TPSA) is 0 Å². The van der Waals surface area contributed by atoms with Crippen molar-refractivity contribution in [2.75, 3.05) is 0 Å². The molecule has 1 aromatic carbocycles. The number of halogens is 5. The zero-order valence-corrected chi connectivity index (χ0v) is 13.5. The number of thiophene rings is 1. The summed E-state index contributed by atoms with van der Waals surface area (Å²) >= 11 is 12.8. The maximum absolute atomic E-state index is 13.7. The van der Waals surface area contributed by atoms with Gasteiger partial charge in [-0.05, 0) is 67.7 Å². The van der Waals surface area contributed by atoms with Crippen LogP contribution in [0.25, 0.3) is 0 Å². The molecule has 0 fully saturated rings. The fraction of sp³-hybridized carbons (Fsp3) is 0.0909. The molecular weight excluding hydrogens is 444 g/mol. The quantitative estimate of drug-likeness (QED) is 0.313. The van der Waals surface area contributed by atoms with Crippen molar-refractivity contribution < 1.29 is 8.78 Å². The van der Waals surface area contributed by atoms with Crippen LogP contribution < -0.4 is 0 Å². The van der Waals surface area contributed by atoms with E-state index in [1.807, 2.05) is 11.4 Å². The van der Waals surface area contributed by atoms with E-state index < -0.39 is 17.0 Å². The molecule has 1 atom stereocenters. The molecule has 6 heteroatoms. The van der Waals surface area contributed by atoms with Gasteiger partial charge in [0.2, 0.25) is 0 Å². The van der Waals surface area contributed by atoms with E-state index in [4.69, 9.17) is 11.6 Å². The first kappa shape index (κ1) is 13.7. The highest BCUT2D eigenvalue weighted by atomic mass is 127. The summed E-state index contributed by atoms with van der Waals surface area (Å²) in [5.74, 6) is -1.03. The number of alkyl halides is 1. The van der Waals surface area contributed by atoms with Crippen LogP contribution in [0.1, 0.15) is 16.5 Å². The Morgan fingerprint density at radius 2 is 1.94 bits per heavy atom. The maximum atomic E-state index is 13.7. The third-order valence-electron chi connectivity index (χ3n) is 2.19. The molecule has 2 rings (SSSR count). The molecule has 0 bridgehead atoms. The number of rotatable bonds is 2. The second-order valence-electron chi connectivity index (χ2n) is 3.33. The molecule has 0 radical (unpaired) electrons. The van der Waals surface area contributed by atoms with E-state index in [0.717, 1.165) is 20.6 Å². The maximum Gasteiger partial charge on any atom is 0.137 e. The minimum atomic E-state index is -0.669. The summed E-state index contributed by atoms with van der Waals surface area (Å²) < 4.78 is 28.2. The highest BCUT2D eigenvalue weighted by Crippen LogP contribution is 2.35. The summed E-state index contributed by atoms with van der Waals surface area (Å²) in [4.78, 5) is 0. The number of benzene rings is 1. The Kier molecular flexibility index (Phi) is 4.44. The standard InChI is InChI=1S/C11H5BrClF2IS/c12-7-3-8(14)6(2-9(7)15)11(13)5-1-10(16)17-4-5/h1-4,11H. The van der Waals surface area contributed by atoms with Gasteiger partial charge in [0.1, 0.15) is 11.6 Å². The van der Waals surface area contributed by atoms with E-state index in [1.54, 1.807) is 0 Å². The van der Waals surface area contributed by atoms with Crippen LogP contribution in [0.15, 0.2) is 28.1 Å².